The lowest BCUT2D eigenvalue weighted by molar-refractivity contribution is 0.206. The van der Waals surface area contributed by atoms with E-state index in [1.807, 2.05) is 5.32 Å². The lowest BCUT2D eigenvalue weighted by Gasteiger charge is -2.37. The number of carbonyl (C=O) groups excluding carboxylic acids is 1. The third kappa shape index (κ3) is 5.66. The number of nitrogens with one attached hydrogen (secondary N) is 2. The molecule has 27 heavy (non-hydrogen) atoms. The van der Waals surface area contributed by atoms with Gasteiger partial charge in [0.25, 0.3) is 0 Å². The molecule has 0 spiro atoms. The first-order valence-electron chi connectivity index (χ1n) is 17.6. The Balaban J connectivity index is 2.31. The van der Waals surface area contributed by atoms with E-state index in [4.69, 9.17) is 50.6 Å². The molecule has 3 rings (SSSR count). The van der Waals surface area contributed by atoms with Crippen LogP contribution in [0.15, 0.2) is 18.2 Å². The van der Waals surface area contributed by atoms with E-state index in [1.165, 1.54) is 11.4 Å². The molecule has 1 aliphatic heterocycles. The SMILES string of the molecule is [2H]C([2H])(CC1([2H])C([2H])([2H])C([2H])([2H])C([2H])(NC(=O)NC)C([2H])([2H])C1([2H])[2H])N1C([2H])([2H])C([2H])([2H])N(c2cccc(Cl)c2Cl)C([2H])([2H])C1([2H])[2H]. The van der Waals surface area contributed by atoms with E-state index in [9.17, 15) is 4.79 Å². The molecule has 0 radical (unpaired) electrons. The summed E-state index contributed by atoms with van der Waals surface area (Å²) in [5, 5.41) is 2.62. The van der Waals surface area contributed by atoms with Gasteiger partial charge in [-0.25, -0.2) is 4.79 Å². The number of benzene rings is 1. The van der Waals surface area contributed by atoms with Crippen molar-refractivity contribution in [3.8, 4) is 0 Å². The molecule has 1 aliphatic carbocycles. The number of carbonyl (C=O) groups is 1. The van der Waals surface area contributed by atoms with Crippen LogP contribution in [0.25, 0.3) is 0 Å². The molecule has 2 fully saturated rings. The number of hydrogen-bond donors (Lipinski definition) is 2. The van der Waals surface area contributed by atoms with Gasteiger partial charge in [0.2, 0.25) is 0 Å². The Bertz CT molecular complexity index is 1380. The highest BCUT2D eigenvalue weighted by Crippen LogP contribution is 2.33. The number of amides is 2. The van der Waals surface area contributed by atoms with Gasteiger partial charge in [0.05, 0.1) is 22.6 Å². The molecule has 2 N–H and O–H groups in total. The molecule has 1 heterocycles. The van der Waals surface area contributed by atoms with E-state index in [-0.39, 0.29) is 9.92 Å². The van der Waals surface area contributed by atoms with Gasteiger partial charge in [-0.3, -0.25) is 4.90 Å². The molecule has 0 atom stereocenters. The first kappa shape index (κ1) is 6.96. The van der Waals surface area contributed by atoms with Gasteiger partial charge >= 0.3 is 6.03 Å². The number of nitrogens with zero attached hydrogens (tertiary/aromatic N) is 2. The normalized spacial score (nSPS) is 55.7. The minimum atomic E-state index is -4.17. The molecule has 2 amide bonds. The van der Waals surface area contributed by atoms with Crippen molar-refractivity contribution >= 4 is 34.9 Å². The maximum atomic E-state index is 12.1. The summed E-state index contributed by atoms with van der Waals surface area (Å²) in [5.74, 6) is -4.07. The molecule has 0 unspecified atom stereocenters. The summed E-state index contributed by atoms with van der Waals surface area (Å²) in [6.07, 6.45) is -18.7. The zero-order valence-corrected chi connectivity index (χ0v) is 15.5. The first-order valence-corrected chi connectivity index (χ1v) is 8.38. The fraction of sp³-hybridized carbons (Fsp3) is 0.650. The van der Waals surface area contributed by atoms with Crippen LogP contribution in [0.5, 0.6) is 0 Å². The lowest BCUT2D eigenvalue weighted by atomic mass is 9.84. The quantitative estimate of drug-likeness (QED) is 0.738. The summed E-state index contributed by atoms with van der Waals surface area (Å²) < 4.78 is 172. The third-order valence-corrected chi connectivity index (χ3v) is 4.08. The fourth-order valence-electron chi connectivity index (χ4n) is 1.94. The predicted octanol–water partition coefficient (Wildman–Crippen LogP) is 3.99. The van der Waals surface area contributed by atoms with Crippen LogP contribution in [0.3, 0.4) is 0 Å². The van der Waals surface area contributed by atoms with Crippen LogP contribution < -0.4 is 15.5 Å². The minimum Gasteiger partial charge on any atom is -0.368 e. The van der Waals surface area contributed by atoms with Crippen LogP contribution in [0.4, 0.5) is 10.5 Å². The Morgan fingerprint density at radius 3 is 2.63 bits per heavy atom. The van der Waals surface area contributed by atoms with Crippen LogP contribution in [0.2, 0.25) is 10.0 Å². The topological polar surface area (TPSA) is 47.6 Å². The average molecular weight is 434 g/mol. The van der Waals surface area contributed by atoms with Gasteiger partial charge in [0.1, 0.15) is 0 Å². The molecule has 2 aliphatic rings. The zero-order chi connectivity index (χ0) is 37.2. The lowest BCUT2D eigenvalue weighted by Crippen LogP contribution is -2.47. The Labute approximate surface area is 200 Å². The average Bonchev–Trinajstić information content (AvgIpc) is 2.87. The molecule has 0 aromatic heterocycles. The summed E-state index contributed by atoms with van der Waals surface area (Å²) in [5.41, 5.74) is -0.657. The highest BCUT2D eigenvalue weighted by Gasteiger charge is 2.24. The molecule has 1 saturated heterocycles. The Hall–Kier alpha value is -1.17. The molecule has 150 valence electrons. The number of halogens is 2. The molecule has 5 nitrogen and oxygen atoms in total. The van der Waals surface area contributed by atoms with Crippen LogP contribution in [0, 0.1) is 5.89 Å². The van der Waals surface area contributed by atoms with Gasteiger partial charge in [-0.15, -0.1) is 0 Å². The molecule has 7 heteroatoms. The maximum Gasteiger partial charge on any atom is 0.314 e. The monoisotopic (exact) mass is 432 g/mol. The predicted molar refractivity (Wildman–Crippen MR) is 113 cm³/mol. The summed E-state index contributed by atoms with van der Waals surface area (Å²) in [7, 11) is 0.971. The second-order valence-corrected chi connectivity index (χ2v) is 5.87. The van der Waals surface area contributed by atoms with Crippen LogP contribution >= 0.6 is 23.2 Å². The summed E-state index contributed by atoms with van der Waals surface area (Å²) in [6, 6.07) is -1.94. The van der Waals surface area contributed by atoms with Crippen molar-refractivity contribution in [2.45, 2.75) is 37.9 Å². The zero-order valence-electron chi connectivity index (χ0n) is 34.0. The van der Waals surface area contributed by atoms with Gasteiger partial charge in [0.15, 0.2) is 0 Å². The Morgan fingerprint density at radius 1 is 1.26 bits per heavy atom. The first-order chi connectivity index (χ1) is 20.6. The van der Waals surface area contributed by atoms with Gasteiger partial charge in [-0.1, -0.05) is 29.3 Å². The second-order valence-electron chi connectivity index (χ2n) is 5.08. The van der Waals surface area contributed by atoms with Crippen molar-refractivity contribution in [1.29, 1.82) is 0 Å². The highest BCUT2D eigenvalue weighted by molar-refractivity contribution is 6.43. The summed E-state index contributed by atoms with van der Waals surface area (Å²) in [6.45, 7) is -19.6. The van der Waals surface area contributed by atoms with Crippen molar-refractivity contribution in [1.82, 2.24) is 15.5 Å². The van der Waals surface area contributed by atoms with Crippen molar-refractivity contribution in [2.24, 2.45) is 5.89 Å². The molecular formula is C20H30Cl2N4O. The fourth-order valence-corrected chi connectivity index (χ4v) is 2.32. The highest BCUT2D eigenvalue weighted by atomic mass is 35.5. The minimum absolute atomic E-state index is 0.0490. The van der Waals surface area contributed by atoms with Crippen molar-refractivity contribution in [3.63, 3.8) is 0 Å². The number of rotatable bonds is 5. The molecule has 1 saturated carbocycles. The van der Waals surface area contributed by atoms with Gasteiger partial charge < -0.3 is 15.5 Å². The number of hydrogen-bond acceptors (Lipinski definition) is 3. The Morgan fingerprint density at radius 2 is 1.96 bits per heavy atom. The van der Waals surface area contributed by atoms with Crippen molar-refractivity contribution in [3.05, 3.63) is 28.2 Å². The van der Waals surface area contributed by atoms with Crippen molar-refractivity contribution < 1.29 is 32.2 Å². The van der Waals surface area contributed by atoms with Crippen LogP contribution in [-0.4, -0.2) is 56.5 Å². The third-order valence-electron chi connectivity index (χ3n) is 3.28. The van der Waals surface area contributed by atoms with Crippen LogP contribution in [0.1, 0.15) is 59.3 Å². The smallest absolute Gasteiger partial charge is 0.314 e. The standard InChI is InChI=1S/C20H30Cl2N4O/c1-23-20(27)24-16-7-5-15(6-8-16)9-10-25-11-13-26(14-12-25)18-4-2-3-17(21)19(18)22/h2-4,15-16H,5-14H2,1H3,(H2,23,24,27)/i5D2,6D2,7D2,8D2,10D2,11D2,12D2,13D2,14D2,15D,16D. The molecular weight excluding hydrogens is 383 g/mol. The Kier molecular flexibility index (Phi) is 2.54. The number of urea groups is 1. The molecule has 1 aromatic carbocycles. The number of anilines is 1. The van der Waals surface area contributed by atoms with Crippen LogP contribution in [-0.2, 0) is 0 Å². The molecule has 0 bridgehead atoms. The van der Waals surface area contributed by atoms with E-state index in [2.05, 4.69) is 0 Å². The maximum absolute atomic E-state index is 12.1. The van der Waals surface area contributed by atoms with Gasteiger partial charge in [0, 0.05) is 59.6 Å². The van der Waals surface area contributed by atoms with Crippen molar-refractivity contribution in [2.75, 3.05) is 44.4 Å². The van der Waals surface area contributed by atoms with E-state index < -0.39 is 97.9 Å². The van der Waals surface area contributed by atoms with Gasteiger partial charge in [-0.2, -0.15) is 0 Å². The summed E-state index contributed by atoms with van der Waals surface area (Å²) in [4.78, 5) is 11.4. The molecule has 1 aromatic rings. The second kappa shape index (κ2) is 9.85. The van der Waals surface area contributed by atoms with E-state index in [0.717, 1.165) is 19.2 Å². The van der Waals surface area contributed by atoms with E-state index in [1.54, 1.807) is 0 Å². The van der Waals surface area contributed by atoms with E-state index >= 15 is 0 Å². The number of piperazine rings is 1. The summed E-state index contributed by atoms with van der Waals surface area (Å²) >= 11 is 12.1. The van der Waals surface area contributed by atoms with Gasteiger partial charge in [-0.05, 0) is 56.4 Å². The largest absolute Gasteiger partial charge is 0.368 e. The van der Waals surface area contributed by atoms with E-state index in [0.29, 0.717) is 0 Å².